The fraction of sp³-hybridized carbons (Fsp3) is 0.650. The van der Waals surface area contributed by atoms with E-state index in [0.29, 0.717) is 5.78 Å². The van der Waals surface area contributed by atoms with E-state index in [4.69, 9.17) is 0 Å². The largest absolute Gasteiger partial charge is 0.299 e. The van der Waals surface area contributed by atoms with Gasteiger partial charge in [-0.25, -0.2) is 0 Å². The third-order valence-corrected chi connectivity index (χ3v) is 7.32. The average molecular weight is 284 g/mol. The summed E-state index contributed by atoms with van der Waals surface area (Å²) in [5.74, 6) is 0.382. The van der Waals surface area contributed by atoms with E-state index in [1.807, 2.05) is 6.92 Å². The number of aryl methyl sites for hydroxylation is 2. The summed E-state index contributed by atoms with van der Waals surface area (Å²) in [6.07, 6.45) is 5.67. The molecule has 2 aliphatic rings. The number of fused-ring (bicyclic) bond motifs is 3. The Kier molecular flexibility index (Phi) is 3.13. The van der Waals surface area contributed by atoms with Crippen LogP contribution in [0.1, 0.15) is 70.1 Å². The Hall–Kier alpha value is -1.11. The summed E-state index contributed by atoms with van der Waals surface area (Å²) in [6.45, 7) is 11.0. The summed E-state index contributed by atoms with van der Waals surface area (Å²) in [7, 11) is 0. The summed E-state index contributed by atoms with van der Waals surface area (Å²) >= 11 is 0. The number of benzene rings is 1. The van der Waals surface area contributed by atoms with E-state index >= 15 is 0 Å². The van der Waals surface area contributed by atoms with Gasteiger partial charge in [-0.15, -0.1) is 0 Å². The molecular weight excluding hydrogens is 256 g/mol. The maximum Gasteiger partial charge on any atom is 0.136 e. The van der Waals surface area contributed by atoms with Gasteiger partial charge >= 0.3 is 0 Å². The first-order valence-corrected chi connectivity index (χ1v) is 8.36. The van der Waals surface area contributed by atoms with Crippen molar-refractivity contribution in [3.63, 3.8) is 0 Å². The smallest absolute Gasteiger partial charge is 0.136 e. The second-order valence-electron chi connectivity index (χ2n) is 8.07. The van der Waals surface area contributed by atoms with Crippen molar-refractivity contribution in [1.29, 1.82) is 0 Å². The molecule has 1 unspecified atom stereocenters. The predicted octanol–water partition coefficient (Wildman–Crippen LogP) is 4.98. The van der Waals surface area contributed by atoms with Gasteiger partial charge < -0.3 is 0 Å². The molecule has 0 aliphatic heterocycles. The lowest BCUT2D eigenvalue weighted by molar-refractivity contribution is -0.145. The van der Waals surface area contributed by atoms with Gasteiger partial charge in [-0.05, 0) is 61.5 Å². The predicted molar refractivity (Wildman–Crippen MR) is 87.6 cm³/mol. The number of ketones is 1. The molecule has 0 spiro atoms. The van der Waals surface area contributed by atoms with Gasteiger partial charge in [0.05, 0.1) is 0 Å². The van der Waals surface area contributed by atoms with Gasteiger partial charge in [-0.2, -0.15) is 0 Å². The van der Waals surface area contributed by atoms with Crippen LogP contribution < -0.4 is 0 Å². The highest BCUT2D eigenvalue weighted by Crippen LogP contribution is 2.65. The van der Waals surface area contributed by atoms with Crippen LogP contribution in [0, 0.1) is 17.8 Å². The van der Waals surface area contributed by atoms with Crippen molar-refractivity contribution in [2.45, 2.75) is 72.1 Å². The lowest BCUT2D eigenvalue weighted by Gasteiger charge is -2.62. The third kappa shape index (κ3) is 1.73. The Morgan fingerprint density at radius 1 is 1.10 bits per heavy atom. The molecule has 1 fully saturated rings. The van der Waals surface area contributed by atoms with E-state index in [2.05, 4.69) is 45.9 Å². The average Bonchev–Trinajstić information content (AvgIpc) is 2.42. The maximum atomic E-state index is 12.5. The zero-order valence-electron chi connectivity index (χ0n) is 14.2. The molecule has 1 aromatic rings. The number of carbonyl (C=O) groups excluding carboxylic acids is 1. The fourth-order valence-electron chi connectivity index (χ4n) is 5.31. The quantitative estimate of drug-likeness (QED) is 0.710. The molecule has 3 atom stereocenters. The first-order chi connectivity index (χ1) is 9.74. The van der Waals surface area contributed by atoms with E-state index in [1.54, 1.807) is 0 Å². The van der Waals surface area contributed by atoms with Crippen molar-refractivity contribution >= 4 is 5.78 Å². The van der Waals surface area contributed by atoms with Crippen LogP contribution in [0.25, 0.3) is 0 Å². The molecule has 0 radical (unpaired) electrons. The van der Waals surface area contributed by atoms with Crippen LogP contribution in [-0.2, 0) is 16.6 Å². The zero-order valence-corrected chi connectivity index (χ0v) is 14.2. The second kappa shape index (κ2) is 4.44. The molecule has 1 aromatic carbocycles. The summed E-state index contributed by atoms with van der Waals surface area (Å²) in [5, 5.41) is 0. The molecule has 0 saturated heterocycles. The van der Waals surface area contributed by atoms with Crippen molar-refractivity contribution in [2.75, 3.05) is 0 Å². The van der Waals surface area contributed by atoms with E-state index < -0.39 is 0 Å². The number of hydrogen-bond donors (Lipinski definition) is 0. The van der Waals surface area contributed by atoms with Crippen molar-refractivity contribution in [2.24, 2.45) is 10.8 Å². The van der Waals surface area contributed by atoms with Gasteiger partial charge in [0.15, 0.2) is 0 Å². The van der Waals surface area contributed by atoms with E-state index in [0.717, 1.165) is 25.7 Å². The Labute approximate surface area is 129 Å². The molecule has 3 rings (SSSR count). The minimum atomic E-state index is -0.179. The molecule has 0 aromatic heterocycles. The summed E-state index contributed by atoms with van der Waals surface area (Å²) in [4.78, 5) is 12.5. The first kappa shape index (κ1) is 14.8. The van der Waals surface area contributed by atoms with Crippen molar-refractivity contribution in [3.05, 3.63) is 34.9 Å². The molecule has 114 valence electrons. The Morgan fingerprint density at radius 3 is 2.48 bits per heavy atom. The van der Waals surface area contributed by atoms with Gasteiger partial charge in [0.2, 0.25) is 0 Å². The summed E-state index contributed by atoms with van der Waals surface area (Å²) in [5.41, 5.74) is 4.39. The molecule has 0 heterocycles. The van der Waals surface area contributed by atoms with Gasteiger partial charge in [0, 0.05) is 5.41 Å². The van der Waals surface area contributed by atoms with Gasteiger partial charge in [0.25, 0.3) is 0 Å². The molecule has 1 nitrogen and oxygen atoms in total. The van der Waals surface area contributed by atoms with Crippen molar-refractivity contribution in [3.8, 4) is 0 Å². The van der Waals surface area contributed by atoms with Crippen molar-refractivity contribution in [1.82, 2.24) is 0 Å². The van der Waals surface area contributed by atoms with E-state index in [1.165, 1.54) is 23.1 Å². The van der Waals surface area contributed by atoms with Gasteiger partial charge in [-0.1, -0.05) is 51.0 Å². The van der Waals surface area contributed by atoms with Crippen LogP contribution in [0.2, 0.25) is 0 Å². The molecule has 0 bridgehead atoms. The Bertz CT molecular complexity index is 602. The Balaban J connectivity index is 2.23. The van der Waals surface area contributed by atoms with Crippen LogP contribution in [0.4, 0.5) is 0 Å². The second-order valence-corrected chi connectivity index (χ2v) is 8.07. The van der Waals surface area contributed by atoms with E-state index in [-0.39, 0.29) is 16.2 Å². The molecule has 1 heteroatoms. The minimum Gasteiger partial charge on any atom is -0.299 e. The number of rotatable bonds is 1. The highest BCUT2D eigenvalue weighted by Gasteiger charge is 2.61. The SMILES string of the molecule is CC(=O)[C@@]1(C)CCC[C@]2(C)c3cc(C)ccc3CCC12C. The van der Waals surface area contributed by atoms with Crippen LogP contribution in [0.5, 0.6) is 0 Å². The lowest BCUT2D eigenvalue weighted by atomic mass is 9.41. The van der Waals surface area contributed by atoms with Crippen molar-refractivity contribution < 1.29 is 4.79 Å². The standard InChI is InChI=1S/C20H28O/c1-14-7-8-16-9-12-20(5)18(3,15(2)21)10-6-11-19(20,4)17(16)13-14/h7-8,13H,6,9-12H2,1-5H3/t18-,19-,20?/m1/s1. The topological polar surface area (TPSA) is 17.1 Å². The summed E-state index contributed by atoms with van der Waals surface area (Å²) < 4.78 is 0. The summed E-state index contributed by atoms with van der Waals surface area (Å²) in [6, 6.07) is 6.94. The molecule has 1 saturated carbocycles. The third-order valence-electron chi connectivity index (χ3n) is 7.32. The highest BCUT2D eigenvalue weighted by atomic mass is 16.1. The molecule has 21 heavy (non-hydrogen) atoms. The van der Waals surface area contributed by atoms with Crippen LogP contribution >= 0.6 is 0 Å². The molecule has 0 amide bonds. The number of Topliss-reactive ketones (excluding diaryl/α,β-unsaturated/α-hetero) is 1. The fourth-order valence-corrected chi connectivity index (χ4v) is 5.31. The Morgan fingerprint density at radius 2 is 1.81 bits per heavy atom. The molecule has 0 N–H and O–H groups in total. The van der Waals surface area contributed by atoms with Crippen LogP contribution in [0.3, 0.4) is 0 Å². The van der Waals surface area contributed by atoms with Crippen LogP contribution in [-0.4, -0.2) is 5.78 Å². The number of carbonyl (C=O) groups is 1. The highest BCUT2D eigenvalue weighted by molar-refractivity contribution is 5.83. The first-order valence-electron chi connectivity index (χ1n) is 8.36. The molecular formula is C20H28O. The number of hydrogen-bond acceptors (Lipinski definition) is 1. The lowest BCUT2D eigenvalue weighted by Crippen LogP contribution is -2.59. The van der Waals surface area contributed by atoms with Gasteiger partial charge in [-0.3, -0.25) is 4.79 Å². The normalized spacial score (nSPS) is 38.5. The monoisotopic (exact) mass is 284 g/mol. The maximum absolute atomic E-state index is 12.5. The van der Waals surface area contributed by atoms with Gasteiger partial charge in [0.1, 0.15) is 5.78 Å². The van der Waals surface area contributed by atoms with Crippen LogP contribution in [0.15, 0.2) is 18.2 Å². The zero-order chi connectivity index (χ0) is 15.5. The minimum absolute atomic E-state index is 0.0743. The molecule has 2 aliphatic carbocycles. The van der Waals surface area contributed by atoms with E-state index in [9.17, 15) is 4.79 Å².